The minimum absolute atomic E-state index is 0.0267. The fraction of sp³-hybridized carbons (Fsp3) is 0.833. The first kappa shape index (κ1) is 14.8. The molecule has 6 nitrogen and oxygen atoms in total. The Kier molecular flexibility index (Phi) is 5.40. The van der Waals surface area contributed by atoms with E-state index in [0.717, 1.165) is 6.42 Å². The molecule has 1 fully saturated rings. The molecule has 1 rings (SSSR count). The molecule has 1 aliphatic heterocycles. The summed E-state index contributed by atoms with van der Waals surface area (Å²) in [5.74, 6) is -0.884. The number of amides is 2. The largest absolute Gasteiger partial charge is 0.481 e. The summed E-state index contributed by atoms with van der Waals surface area (Å²) in [7, 11) is 1.64. The average Bonchev–Trinajstić information content (AvgIpc) is 2.77. The monoisotopic (exact) mass is 258 g/mol. The van der Waals surface area contributed by atoms with Crippen molar-refractivity contribution in [2.24, 2.45) is 0 Å². The summed E-state index contributed by atoms with van der Waals surface area (Å²) in [4.78, 5) is 26.3. The van der Waals surface area contributed by atoms with Crippen molar-refractivity contribution in [1.29, 1.82) is 0 Å². The second-order valence-electron chi connectivity index (χ2n) is 4.61. The second kappa shape index (κ2) is 6.58. The lowest BCUT2D eigenvalue weighted by Crippen LogP contribution is -2.47. The summed E-state index contributed by atoms with van der Waals surface area (Å²) < 4.78 is 5.22. The fourth-order valence-electron chi connectivity index (χ4n) is 2.27. The van der Waals surface area contributed by atoms with Crippen molar-refractivity contribution in [3.8, 4) is 0 Å². The van der Waals surface area contributed by atoms with Crippen LogP contribution in [-0.2, 0) is 9.53 Å². The molecule has 2 amide bonds. The number of rotatable bonds is 5. The van der Waals surface area contributed by atoms with Crippen LogP contribution in [0.5, 0.6) is 0 Å². The summed E-state index contributed by atoms with van der Waals surface area (Å²) in [5, 5.41) is 8.78. The Balaban J connectivity index is 2.59. The van der Waals surface area contributed by atoms with Gasteiger partial charge in [-0.25, -0.2) is 4.79 Å². The number of hydrogen-bond donors (Lipinski definition) is 1. The Morgan fingerprint density at radius 2 is 2.22 bits per heavy atom. The zero-order valence-corrected chi connectivity index (χ0v) is 11.3. The number of carboxylic acids is 1. The number of nitrogens with zero attached hydrogens (tertiary/aromatic N) is 2. The van der Waals surface area contributed by atoms with Crippen LogP contribution in [0.3, 0.4) is 0 Å². The van der Waals surface area contributed by atoms with Crippen LogP contribution in [0.25, 0.3) is 0 Å². The number of methoxy groups -OCH3 is 1. The zero-order valence-electron chi connectivity index (χ0n) is 11.3. The molecule has 1 aliphatic rings. The molecule has 0 radical (unpaired) electrons. The van der Waals surface area contributed by atoms with Gasteiger partial charge in [-0.3, -0.25) is 4.79 Å². The molecule has 2 atom stereocenters. The lowest BCUT2D eigenvalue weighted by molar-refractivity contribution is -0.138. The van der Waals surface area contributed by atoms with Gasteiger partial charge in [0.2, 0.25) is 0 Å². The summed E-state index contributed by atoms with van der Waals surface area (Å²) in [6.45, 7) is 5.40. The van der Waals surface area contributed by atoms with E-state index in [1.165, 1.54) is 0 Å². The normalized spacial score (nSPS) is 20.8. The first-order chi connectivity index (χ1) is 8.49. The highest BCUT2D eigenvalue weighted by Gasteiger charge is 2.31. The molecular formula is C12H22N2O4. The predicted molar refractivity (Wildman–Crippen MR) is 66.5 cm³/mol. The molecule has 1 saturated heterocycles. The Morgan fingerprint density at radius 3 is 2.67 bits per heavy atom. The Labute approximate surface area is 107 Å². The van der Waals surface area contributed by atoms with Gasteiger partial charge in [0, 0.05) is 32.8 Å². The highest BCUT2D eigenvalue weighted by atomic mass is 16.5. The van der Waals surface area contributed by atoms with Crippen molar-refractivity contribution < 1.29 is 19.4 Å². The fourth-order valence-corrected chi connectivity index (χ4v) is 2.27. The van der Waals surface area contributed by atoms with E-state index in [4.69, 9.17) is 9.84 Å². The van der Waals surface area contributed by atoms with Crippen molar-refractivity contribution in [2.45, 2.75) is 38.8 Å². The van der Waals surface area contributed by atoms with Crippen LogP contribution in [0.15, 0.2) is 0 Å². The smallest absolute Gasteiger partial charge is 0.320 e. The molecule has 0 aromatic heterocycles. The van der Waals surface area contributed by atoms with E-state index in [0.29, 0.717) is 19.6 Å². The van der Waals surface area contributed by atoms with Crippen molar-refractivity contribution in [2.75, 3.05) is 26.7 Å². The van der Waals surface area contributed by atoms with Crippen molar-refractivity contribution in [1.82, 2.24) is 9.80 Å². The molecule has 0 saturated carbocycles. The molecular weight excluding hydrogens is 236 g/mol. The highest BCUT2D eigenvalue weighted by Crippen LogP contribution is 2.16. The summed E-state index contributed by atoms with van der Waals surface area (Å²) >= 11 is 0. The summed E-state index contributed by atoms with van der Waals surface area (Å²) in [6.07, 6.45) is 0.913. The van der Waals surface area contributed by atoms with E-state index in [1.807, 2.05) is 6.92 Å². The molecule has 0 bridgehead atoms. The zero-order chi connectivity index (χ0) is 13.7. The number of likely N-dealkylation sites (tertiary alicyclic amines) is 1. The van der Waals surface area contributed by atoms with Gasteiger partial charge in [-0.1, -0.05) is 0 Å². The van der Waals surface area contributed by atoms with Crippen molar-refractivity contribution >= 4 is 12.0 Å². The average molecular weight is 258 g/mol. The van der Waals surface area contributed by atoms with Gasteiger partial charge in [-0.2, -0.15) is 0 Å². The third-order valence-corrected chi connectivity index (χ3v) is 3.34. The predicted octanol–water partition coefficient (Wildman–Crippen LogP) is 1.01. The minimum Gasteiger partial charge on any atom is -0.481 e. The van der Waals surface area contributed by atoms with Gasteiger partial charge in [-0.05, 0) is 20.3 Å². The molecule has 0 spiro atoms. The number of aliphatic carboxylic acids is 1. The summed E-state index contributed by atoms with van der Waals surface area (Å²) in [5.41, 5.74) is 0. The SMILES string of the molecule is CCN(C(=O)N1CCC(OC)C1)C(C)CC(=O)O. The third kappa shape index (κ3) is 3.60. The van der Waals surface area contributed by atoms with E-state index in [2.05, 4.69) is 0 Å². The maximum Gasteiger partial charge on any atom is 0.320 e. The first-order valence-electron chi connectivity index (χ1n) is 6.29. The number of carbonyl (C=O) groups is 2. The minimum atomic E-state index is -0.884. The van der Waals surface area contributed by atoms with Crippen molar-refractivity contribution in [3.63, 3.8) is 0 Å². The van der Waals surface area contributed by atoms with E-state index in [1.54, 1.807) is 23.8 Å². The maximum atomic E-state index is 12.3. The second-order valence-corrected chi connectivity index (χ2v) is 4.61. The molecule has 0 aromatic carbocycles. The molecule has 18 heavy (non-hydrogen) atoms. The molecule has 1 N–H and O–H groups in total. The lowest BCUT2D eigenvalue weighted by atomic mass is 10.2. The van der Waals surface area contributed by atoms with Crippen LogP contribution in [0.2, 0.25) is 0 Å². The van der Waals surface area contributed by atoms with E-state index in [9.17, 15) is 9.59 Å². The number of carboxylic acid groups (broad SMARTS) is 1. The van der Waals surface area contributed by atoms with E-state index in [-0.39, 0.29) is 24.6 Å². The number of urea groups is 1. The Hall–Kier alpha value is -1.30. The van der Waals surface area contributed by atoms with Crippen LogP contribution in [0.4, 0.5) is 4.79 Å². The van der Waals surface area contributed by atoms with E-state index < -0.39 is 5.97 Å². The Bertz CT molecular complexity index is 308. The number of hydrogen-bond acceptors (Lipinski definition) is 3. The van der Waals surface area contributed by atoms with Crippen LogP contribution >= 0.6 is 0 Å². The molecule has 0 aromatic rings. The molecule has 1 heterocycles. The van der Waals surface area contributed by atoms with Gasteiger partial charge in [0.15, 0.2) is 0 Å². The van der Waals surface area contributed by atoms with Crippen LogP contribution in [0, 0.1) is 0 Å². The standard InChI is InChI=1S/C12H22N2O4/c1-4-14(9(2)7-11(15)16)12(17)13-6-5-10(8-13)18-3/h9-10H,4-8H2,1-3H3,(H,15,16). The summed E-state index contributed by atoms with van der Waals surface area (Å²) in [6, 6.07) is -0.382. The van der Waals surface area contributed by atoms with Gasteiger partial charge < -0.3 is 19.6 Å². The van der Waals surface area contributed by atoms with Gasteiger partial charge in [-0.15, -0.1) is 0 Å². The van der Waals surface area contributed by atoms with Gasteiger partial charge >= 0.3 is 12.0 Å². The van der Waals surface area contributed by atoms with Gasteiger partial charge in [0.1, 0.15) is 0 Å². The quantitative estimate of drug-likeness (QED) is 0.799. The molecule has 2 unspecified atom stereocenters. The highest BCUT2D eigenvalue weighted by molar-refractivity contribution is 5.76. The topological polar surface area (TPSA) is 70.1 Å². The van der Waals surface area contributed by atoms with Crippen LogP contribution in [-0.4, -0.2) is 65.8 Å². The number of ether oxygens (including phenoxy) is 1. The maximum absolute atomic E-state index is 12.3. The lowest BCUT2D eigenvalue weighted by Gasteiger charge is -2.31. The molecule has 6 heteroatoms. The molecule has 104 valence electrons. The molecule has 0 aliphatic carbocycles. The van der Waals surface area contributed by atoms with Gasteiger partial charge in [0.25, 0.3) is 0 Å². The van der Waals surface area contributed by atoms with Crippen molar-refractivity contribution in [3.05, 3.63) is 0 Å². The van der Waals surface area contributed by atoms with Crippen LogP contribution in [0.1, 0.15) is 26.7 Å². The van der Waals surface area contributed by atoms with Gasteiger partial charge in [0.05, 0.1) is 12.5 Å². The first-order valence-corrected chi connectivity index (χ1v) is 6.29. The van der Waals surface area contributed by atoms with Crippen LogP contribution < -0.4 is 0 Å². The number of carbonyl (C=O) groups excluding carboxylic acids is 1. The third-order valence-electron chi connectivity index (χ3n) is 3.34. The Morgan fingerprint density at radius 1 is 1.56 bits per heavy atom. The van der Waals surface area contributed by atoms with E-state index >= 15 is 0 Å².